The van der Waals surface area contributed by atoms with Crippen LogP contribution in [-0.4, -0.2) is 34.2 Å². The average Bonchev–Trinajstić information content (AvgIpc) is 2.65. The molecule has 0 radical (unpaired) electrons. The van der Waals surface area contributed by atoms with Crippen LogP contribution in [0.15, 0.2) is 54.6 Å². The Kier molecular flexibility index (Phi) is 6.39. The molecule has 5 heteroatoms. The number of hydrogen-bond acceptors (Lipinski definition) is 4. The summed E-state index contributed by atoms with van der Waals surface area (Å²) >= 11 is 4.08. The number of benzene rings is 2. The van der Waals surface area contributed by atoms with Gasteiger partial charge < -0.3 is 5.11 Å². The molecule has 2 aromatic carbocycles. The van der Waals surface area contributed by atoms with Crippen molar-refractivity contribution in [3.05, 3.63) is 60.2 Å². The van der Waals surface area contributed by atoms with Gasteiger partial charge in [0.25, 0.3) is 0 Å². The van der Waals surface area contributed by atoms with Crippen molar-refractivity contribution in [2.75, 3.05) is 5.75 Å². The number of aliphatic carboxylic acids is 1. The smallest absolute Gasteiger partial charge is 0.321 e. The monoisotopic (exact) mass is 357 g/mol. The molecule has 0 fully saturated rings. The van der Waals surface area contributed by atoms with Gasteiger partial charge in [-0.05, 0) is 24.5 Å². The number of nitrogens with one attached hydrogen (secondary N) is 1. The fourth-order valence-corrected chi connectivity index (χ4v) is 2.99. The number of ketones is 1. The number of carboxylic acid groups (broad SMARTS) is 1. The fourth-order valence-electron chi connectivity index (χ4n) is 2.75. The molecule has 25 heavy (non-hydrogen) atoms. The fraction of sp³-hybridized carbons (Fsp3) is 0.300. The molecular formula is C20H23NO3S. The predicted molar refractivity (Wildman–Crippen MR) is 103 cm³/mol. The quantitative estimate of drug-likeness (QED) is 0.498. The number of Topliss-reactive ketones (excluding diaryl/α,β-unsaturated/α-hetero) is 1. The highest BCUT2D eigenvalue weighted by molar-refractivity contribution is 7.80. The minimum atomic E-state index is -1.01. The first-order valence-electron chi connectivity index (χ1n) is 8.23. The molecule has 0 saturated carbocycles. The average molecular weight is 357 g/mol. The molecule has 2 aromatic rings. The number of carbonyl (C=O) groups excluding carboxylic acids is 1. The minimum Gasteiger partial charge on any atom is -0.480 e. The summed E-state index contributed by atoms with van der Waals surface area (Å²) in [6.45, 7) is 3.62. The van der Waals surface area contributed by atoms with Crippen molar-refractivity contribution in [3.8, 4) is 11.1 Å². The molecule has 0 aliphatic rings. The van der Waals surface area contributed by atoms with Crippen LogP contribution in [0.25, 0.3) is 11.1 Å². The molecule has 0 aliphatic heterocycles. The predicted octanol–water partition coefficient (Wildman–Crippen LogP) is 3.68. The molecule has 4 nitrogen and oxygen atoms in total. The van der Waals surface area contributed by atoms with Crippen LogP contribution in [0.5, 0.6) is 0 Å². The van der Waals surface area contributed by atoms with Gasteiger partial charge in [-0.2, -0.15) is 12.6 Å². The van der Waals surface area contributed by atoms with E-state index in [1.807, 2.05) is 55.5 Å². The van der Waals surface area contributed by atoms with Gasteiger partial charge in [-0.1, -0.05) is 61.5 Å². The summed E-state index contributed by atoms with van der Waals surface area (Å²) < 4.78 is 0. The van der Waals surface area contributed by atoms with Crippen molar-refractivity contribution >= 4 is 24.4 Å². The van der Waals surface area contributed by atoms with Gasteiger partial charge in [-0.15, -0.1) is 0 Å². The molecule has 2 rings (SSSR count). The lowest BCUT2D eigenvalue weighted by atomic mass is 9.84. The van der Waals surface area contributed by atoms with E-state index in [1.54, 1.807) is 13.0 Å². The number of carbonyl (C=O) groups is 2. The number of carboxylic acids is 1. The van der Waals surface area contributed by atoms with Crippen LogP contribution in [0, 0.1) is 0 Å². The lowest BCUT2D eigenvalue weighted by Crippen LogP contribution is -2.56. The third-order valence-corrected chi connectivity index (χ3v) is 4.80. The van der Waals surface area contributed by atoms with E-state index >= 15 is 0 Å². The Bertz CT molecular complexity index is 748. The Balaban J connectivity index is 2.43. The number of hydrogen-bond donors (Lipinski definition) is 3. The molecule has 2 atom stereocenters. The minimum absolute atomic E-state index is 0.110. The van der Waals surface area contributed by atoms with Crippen LogP contribution in [0.4, 0.5) is 0 Å². The van der Waals surface area contributed by atoms with E-state index in [1.165, 1.54) is 0 Å². The molecule has 2 N–H and O–H groups in total. The first-order chi connectivity index (χ1) is 11.9. The summed E-state index contributed by atoms with van der Waals surface area (Å²) in [4.78, 5) is 24.6. The summed E-state index contributed by atoms with van der Waals surface area (Å²) in [5, 5.41) is 12.3. The van der Waals surface area contributed by atoms with Crippen molar-refractivity contribution in [1.29, 1.82) is 0 Å². The summed E-state index contributed by atoms with van der Waals surface area (Å²) in [6, 6.07) is 16.2. The van der Waals surface area contributed by atoms with Gasteiger partial charge in [0.2, 0.25) is 0 Å². The molecular weight excluding hydrogens is 334 g/mol. The van der Waals surface area contributed by atoms with Crippen LogP contribution < -0.4 is 5.32 Å². The maximum Gasteiger partial charge on any atom is 0.321 e. The molecule has 0 heterocycles. The van der Waals surface area contributed by atoms with E-state index < -0.39 is 17.6 Å². The van der Waals surface area contributed by atoms with Crippen LogP contribution in [0.3, 0.4) is 0 Å². The van der Waals surface area contributed by atoms with Gasteiger partial charge in [-0.3, -0.25) is 14.9 Å². The van der Waals surface area contributed by atoms with Gasteiger partial charge in [0.15, 0.2) is 5.78 Å². The van der Waals surface area contributed by atoms with Gasteiger partial charge >= 0.3 is 5.97 Å². The van der Waals surface area contributed by atoms with Crippen molar-refractivity contribution in [2.24, 2.45) is 0 Å². The summed E-state index contributed by atoms with van der Waals surface area (Å²) in [5.74, 6) is -1.03. The topological polar surface area (TPSA) is 66.4 Å². The Morgan fingerprint density at radius 2 is 1.72 bits per heavy atom. The lowest BCUT2D eigenvalue weighted by molar-refractivity contribution is -0.139. The van der Waals surface area contributed by atoms with E-state index in [4.69, 9.17) is 0 Å². The zero-order valence-corrected chi connectivity index (χ0v) is 15.3. The number of thiol groups is 1. The summed E-state index contributed by atoms with van der Waals surface area (Å²) in [6.07, 6.45) is 0.465. The second-order valence-electron chi connectivity index (χ2n) is 6.14. The molecule has 1 unspecified atom stereocenters. The highest BCUT2D eigenvalue weighted by atomic mass is 32.1. The zero-order valence-electron chi connectivity index (χ0n) is 14.4. The molecule has 132 valence electrons. The highest BCUT2D eigenvalue weighted by Crippen LogP contribution is 2.28. The van der Waals surface area contributed by atoms with Gasteiger partial charge in [-0.25, -0.2) is 0 Å². The molecule has 0 aromatic heterocycles. The number of rotatable bonds is 8. The van der Waals surface area contributed by atoms with Crippen LogP contribution in [0.2, 0.25) is 0 Å². The standard InChI is InChI=1S/C20H23NO3S/c1-3-20(2,21-17(13-25)19(23)24)18(22)16-12-8-7-11-15(16)14-9-5-4-6-10-14/h4-12,17,21,25H,3,13H2,1-2H3,(H,23,24)/t17-,20?/m0/s1. The van der Waals surface area contributed by atoms with E-state index in [9.17, 15) is 14.7 Å². The van der Waals surface area contributed by atoms with E-state index in [2.05, 4.69) is 17.9 Å². The van der Waals surface area contributed by atoms with Crippen molar-refractivity contribution in [2.45, 2.75) is 31.8 Å². The van der Waals surface area contributed by atoms with Gasteiger partial charge in [0.05, 0.1) is 5.54 Å². The second kappa shape index (κ2) is 8.32. The molecule has 0 amide bonds. The summed E-state index contributed by atoms with van der Waals surface area (Å²) in [7, 11) is 0. The van der Waals surface area contributed by atoms with E-state index in [0.717, 1.165) is 11.1 Å². The maximum absolute atomic E-state index is 13.3. The van der Waals surface area contributed by atoms with Crippen molar-refractivity contribution in [3.63, 3.8) is 0 Å². The van der Waals surface area contributed by atoms with E-state index in [0.29, 0.717) is 12.0 Å². The highest BCUT2D eigenvalue weighted by Gasteiger charge is 2.36. The Morgan fingerprint density at radius 3 is 2.28 bits per heavy atom. The molecule has 0 saturated heterocycles. The SMILES string of the molecule is CCC(C)(N[C@@H](CS)C(=O)O)C(=O)c1ccccc1-c1ccccc1. The second-order valence-corrected chi connectivity index (χ2v) is 6.51. The Morgan fingerprint density at radius 1 is 1.12 bits per heavy atom. The molecule has 0 aliphatic carbocycles. The van der Waals surface area contributed by atoms with E-state index in [-0.39, 0.29) is 11.5 Å². The first kappa shape index (κ1) is 19.2. The third-order valence-electron chi connectivity index (χ3n) is 4.44. The Hall–Kier alpha value is -2.11. The van der Waals surface area contributed by atoms with Crippen LogP contribution in [-0.2, 0) is 4.79 Å². The van der Waals surface area contributed by atoms with Crippen LogP contribution in [0.1, 0.15) is 30.6 Å². The maximum atomic E-state index is 13.3. The third kappa shape index (κ3) is 4.30. The summed E-state index contributed by atoms with van der Waals surface area (Å²) in [5.41, 5.74) is 1.38. The normalized spacial score (nSPS) is 14.5. The Labute approximate surface area is 153 Å². The molecule has 0 spiro atoms. The largest absolute Gasteiger partial charge is 0.480 e. The van der Waals surface area contributed by atoms with Gasteiger partial charge in [0.1, 0.15) is 6.04 Å². The van der Waals surface area contributed by atoms with Gasteiger partial charge in [0, 0.05) is 11.3 Å². The van der Waals surface area contributed by atoms with Crippen molar-refractivity contribution in [1.82, 2.24) is 5.32 Å². The van der Waals surface area contributed by atoms with Crippen molar-refractivity contribution < 1.29 is 14.7 Å². The van der Waals surface area contributed by atoms with Crippen LogP contribution >= 0.6 is 12.6 Å². The zero-order chi connectivity index (χ0) is 18.4. The molecule has 0 bridgehead atoms. The first-order valence-corrected chi connectivity index (χ1v) is 8.86. The lowest BCUT2D eigenvalue weighted by Gasteiger charge is -2.31.